The summed E-state index contributed by atoms with van der Waals surface area (Å²) in [5.41, 5.74) is 0. The first-order chi connectivity index (χ1) is 27.9. The molecule has 0 spiro atoms. The van der Waals surface area contributed by atoms with Crippen molar-refractivity contribution in [3.05, 3.63) is 48.6 Å². The molecule has 0 aromatic carbocycles. The van der Waals surface area contributed by atoms with Gasteiger partial charge in [-0.15, -0.1) is 0 Å². The summed E-state index contributed by atoms with van der Waals surface area (Å²) in [6, 6.07) is 0. The molecule has 0 radical (unpaired) electrons. The summed E-state index contributed by atoms with van der Waals surface area (Å²) in [6.45, 7) is 3.19. The number of ether oxygens (including phenoxy) is 2. The Balaban J connectivity index is 2.48. The SMILES string of the molecule is CCCCCCCCC/C=C/C/C=C/C/C=C/C/C=C/CCCC(=O)O[C@H](COC(=O)CCCCCCCCCC)COP(=O)(O)OC1C(O)C(O)C(O)[C@H](O)C1O. The van der Waals surface area contributed by atoms with Gasteiger partial charge in [0, 0.05) is 12.8 Å². The van der Waals surface area contributed by atoms with Crippen LogP contribution in [0.3, 0.4) is 0 Å². The van der Waals surface area contributed by atoms with Crippen LogP contribution in [0.2, 0.25) is 0 Å². The van der Waals surface area contributed by atoms with Gasteiger partial charge in [-0.2, -0.15) is 0 Å². The molecule has 1 aliphatic rings. The summed E-state index contributed by atoms with van der Waals surface area (Å²) in [5.74, 6) is -1.17. The molecule has 6 N–H and O–H groups in total. The van der Waals surface area contributed by atoms with E-state index in [0.717, 1.165) is 51.4 Å². The van der Waals surface area contributed by atoms with Crippen molar-refractivity contribution >= 4 is 19.8 Å². The van der Waals surface area contributed by atoms with Crippen molar-refractivity contribution in [1.29, 1.82) is 0 Å². The van der Waals surface area contributed by atoms with Gasteiger partial charge in [0.2, 0.25) is 0 Å². The topological polar surface area (TPSA) is 210 Å². The minimum Gasteiger partial charge on any atom is -0.462 e. The van der Waals surface area contributed by atoms with Crippen molar-refractivity contribution in [1.82, 2.24) is 0 Å². The van der Waals surface area contributed by atoms with Gasteiger partial charge in [0.15, 0.2) is 6.10 Å². The maximum absolute atomic E-state index is 12.8. The molecule has 1 saturated carbocycles. The quantitative estimate of drug-likeness (QED) is 0.0155. The molecule has 1 fully saturated rings. The van der Waals surface area contributed by atoms with Gasteiger partial charge < -0.3 is 39.9 Å². The molecule has 0 amide bonds. The van der Waals surface area contributed by atoms with Crippen LogP contribution in [0.4, 0.5) is 0 Å². The first-order valence-electron chi connectivity index (χ1n) is 21.9. The molecule has 8 atom stereocenters. The number of carbonyl (C=O) groups is 2. The molecule has 13 nitrogen and oxygen atoms in total. The summed E-state index contributed by atoms with van der Waals surface area (Å²) in [6.07, 6.45) is 26.4. The second-order valence-corrected chi connectivity index (χ2v) is 16.6. The second kappa shape index (κ2) is 34.5. The van der Waals surface area contributed by atoms with E-state index in [1.54, 1.807) is 0 Å². The molecule has 0 aromatic heterocycles. The zero-order chi connectivity index (χ0) is 42.9. The molecule has 0 saturated heterocycles. The molecule has 0 heterocycles. The van der Waals surface area contributed by atoms with E-state index in [2.05, 4.69) is 50.3 Å². The number of phosphoric ester groups is 1. The summed E-state index contributed by atoms with van der Waals surface area (Å²) in [7, 11) is -5.12. The molecule has 58 heavy (non-hydrogen) atoms. The zero-order valence-corrected chi connectivity index (χ0v) is 36.2. The number of hydrogen-bond donors (Lipinski definition) is 6. The Hall–Kier alpha value is -2.19. The van der Waals surface area contributed by atoms with Crippen molar-refractivity contribution in [3.63, 3.8) is 0 Å². The molecule has 1 aliphatic carbocycles. The Labute approximate surface area is 348 Å². The van der Waals surface area contributed by atoms with Crippen LogP contribution in [0.15, 0.2) is 48.6 Å². The third-order valence-electron chi connectivity index (χ3n) is 9.92. The number of phosphoric acid groups is 1. The fourth-order valence-electron chi connectivity index (χ4n) is 6.34. The smallest absolute Gasteiger partial charge is 0.462 e. The molecule has 336 valence electrons. The van der Waals surface area contributed by atoms with E-state index >= 15 is 0 Å². The van der Waals surface area contributed by atoms with E-state index in [9.17, 15) is 44.6 Å². The van der Waals surface area contributed by atoms with E-state index in [1.807, 2.05) is 12.2 Å². The standard InChI is InChI=1S/C44H77O13P/c1-3-5-7-9-11-13-14-15-16-17-18-19-20-21-22-23-24-25-27-29-31-33-38(46)56-36(34-54-37(45)32-30-28-26-12-10-8-6-4-2)35-55-58(52,53)57-44-42(50)40(48)39(47)41(49)43(44)51/h16-17,19-20,22-23,25,27,36,39-44,47-51H,3-15,18,21,24,26,28-35H2,1-2H3,(H,52,53)/b17-16+,20-19+,23-22+,27-25+/t36-,39?,40+,41?,42?,43?,44?/m1/s1. The first-order valence-corrected chi connectivity index (χ1v) is 23.4. The number of hydrogen-bond acceptors (Lipinski definition) is 12. The zero-order valence-electron chi connectivity index (χ0n) is 35.3. The highest BCUT2D eigenvalue weighted by molar-refractivity contribution is 7.47. The van der Waals surface area contributed by atoms with Crippen LogP contribution in [0.1, 0.15) is 162 Å². The van der Waals surface area contributed by atoms with Crippen LogP contribution in [-0.4, -0.2) is 98.3 Å². The highest BCUT2D eigenvalue weighted by Crippen LogP contribution is 2.47. The van der Waals surface area contributed by atoms with Gasteiger partial charge in [-0.25, -0.2) is 4.57 Å². The fourth-order valence-corrected chi connectivity index (χ4v) is 7.31. The Bertz CT molecular complexity index is 1210. The largest absolute Gasteiger partial charge is 0.472 e. The predicted octanol–water partition coefficient (Wildman–Crippen LogP) is 8.00. The van der Waals surface area contributed by atoms with Crippen LogP contribution in [0.5, 0.6) is 0 Å². The lowest BCUT2D eigenvalue weighted by atomic mass is 9.85. The van der Waals surface area contributed by atoms with Gasteiger partial charge in [-0.3, -0.25) is 18.6 Å². The molecule has 0 aromatic rings. The number of unbranched alkanes of at least 4 members (excludes halogenated alkanes) is 15. The van der Waals surface area contributed by atoms with Crippen molar-refractivity contribution in [2.24, 2.45) is 0 Å². The molecule has 0 bridgehead atoms. The number of esters is 2. The second-order valence-electron chi connectivity index (χ2n) is 15.2. The summed E-state index contributed by atoms with van der Waals surface area (Å²) in [5, 5.41) is 50.0. The van der Waals surface area contributed by atoms with Gasteiger partial charge in [-0.1, -0.05) is 146 Å². The van der Waals surface area contributed by atoms with Crippen LogP contribution in [-0.2, 0) is 32.7 Å². The molecule has 14 heteroatoms. The maximum Gasteiger partial charge on any atom is 0.472 e. The van der Waals surface area contributed by atoms with E-state index in [-0.39, 0.29) is 12.8 Å². The van der Waals surface area contributed by atoms with Gasteiger partial charge in [0.05, 0.1) is 6.61 Å². The Morgan fingerprint density at radius 1 is 0.534 bits per heavy atom. The van der Waals surface area contributed by atoms with E-state index in [4.69, 9.17) is 18.5 Å². The number of carbonyl (C=O) groups excluding carboxylic acids is 2. The van der Waals surface area contributed by atoms with Gasteiger partial charge in [0.1, 0.15) is 43.2 Å². The molecule has 6 unspecified atom stereocenters. The third-order valence-corrected chi connectivity index (χ3v) is 10.9. The van der Waals surface area contributed by atoms with Gasteiger partial charge in [0.25, 0.3) is 0 Å². The van der Waals surface area contributed by atoms with Crippen molar-refractivity contribution in [2.75, 3.05) is 13.2 Å². The highest BCUT2D eigenvalue weighted by Gasteiger charge is 2.51. The van der Waals surface area contributed by atoms with Crippen molar-refractivity contribution in [3.8, 4) is 0 Å². The summed E-state index contributed by atoms with van der Waals surface area (Å²) < 4.78 is 33.3. The van der Waals surface area contributed by atoms with Crippen LogP contribution < -0.4 is 0 Å². The molecule has 0 aliphatic heterocycles. The number of aliphatic hydroxyl groups is 5. The van der Waals surface area contributed by atoms with Crippen molar-refractivity contribution in [2.45, 2.75) is 204 Å². The summed E-state index contributed by atoms with van der Waals surface area (Å²) >= 11 is 0. The van der Waals surface area contributed by atoms with Gasteiger partial charge >= 0.3 is 19.8 Å². The molecular weight excluding hydrogens is 767 g/mol. The predicted molar refractivity (Wildman–Crippen MR) is 226 cm³/mol. The maximum atomic E-state index is 12.8. The number of aliphatic hydroxyl groups excluding tert-OH is 5. The average Bonchev–Trinajstić information content (AvgIpc) is 3.20. The molecular formula is C44H77O13P. The monoisotopic (exact) mass is 845 g/mol. The minimum atomic E-state index is -5.12. The average molecular weight is 845 g/mol. The lowest BCUT2D eigenvalue weighted by Gasteiger charge is -2.41. The Morgan fingerprint density at radius 2 is 0.948 bits per heavy atom. The van der Waals surface area contributed by atoms with Crippen LogP contribution in [0, 0.1) is 0 Å². The Morgan fingerprint density at radius 3 is 1.47 bits per heavy atom. The number of allylic oxidation sites excluding steroid dienone is 8. The van der Waals surface area contributed by atoms with Crippen LogP contribution in [0.25, 0.3) is 0 Å². The third kappa shape index (κ3) is 26.8. The van der Waals surface area contributed by atoms with E-state index < -0.39 is 75.7 Å². The number of rotatable bonds is 35. The van der Waals surface area contributed by atoms with E-state index in [1.165, 1.54) is 64.2 Å². The Kier molecular flexibility index (Phi) is 32.0. The lowest BCUT2D eigenvalue weighted by Crippen LogP contribution is -2.64. The summed E-state index contributed by atoms with van der Waals surface area (Å²) in [4.78, 5) is 35.4. The normalized spacial score (nSPS) is 23.0. The highest BCUT2D eigenvalue weighted by atomic mass is 31.2. The lowest BCUT2D eigenvalue weighted by molar-refractivity contribution is -0.220. The molecule has 1 rings (SSSR count). The fraction of sp³-hybridized carbons (Fsp3) is 0.773. The van der Waals surface area contributed by atoms with Crippen LogP contribution >= 0.6 is 7.82 Å². The van der Waals surface area contributed by atoms with Gasteiger partial charge in [-0.05, 0) is 51.4 Å². The van der Waals surface area contributed by atoms with E-state index in [0.29, 0.717) is 19.3 Å². The minimum absolute atomic E-state index is 0.0209. The first kappa shape index (κ1) is 53.8. The van der Waals surface area contributed by atoms with Crippen molar-refractivity contribution < 1.29 is 63.1 Å².